The second-order valence-electron chi connectivity index (χ2n) is 3.49. The first-order valence-corrected chi connectivity index (χ1v) is 5.80. The zero-order valence-electron chi connectivity index (χ0n) is 9.57. The minimum Gasteiger partial charge on any atom is -0.329 e. The summed E-state index contributed by atoms with van der Waals surface area (Å²) in [5.74, 6) is 0. The highest BCUT2D eigenvalue weighted by molar-refractivity contribution is 7.11. The van der Waals surface area contributed by atoms with Crippen LogP contribution in [0.1, 0.15) is 29.8 Å². The first kappa shape index (κ1) is 12.0. The number of thiazole rings is 1. The van der Waals surface area contributed by atoms with Gasteiger partial charge in [0.25, 0.3) is 0 Å². The van der Waals surface area contributed by atoms with Crippen LogP contribution in [-0.2, 0) is 0 Å². The van der Waals surface area contributed by atoms with Gasteiger partial charge in [-0.25, -0.2) is 9.78 Å². The van der Waals surface area contributed by atoms with Crippen LogP contribution in [0, 0.1) is 6.92 Å². The third kappa shape index (κ3) is 3.20. The molecule has 15 heavy (non-hydrogen) atoms. The van der Waals surface area contributed by atoms with E-state index in [-0.39, 0.29) is 12.1 Å². The van der Waals surface area contributed by atoms with Crippen LogP contribution in [0.5, 0.6) is 0 Å². The van der Waals surface area contributed by atoms with E-state index in [1.807, 2.05) is 27.0 Å². The summed E-state index contributed by atoms with van der Waals surface area (Å²) in [5, 5.41) is 3.84. The van der Waals surface area contributed by atoms with Crippen LogP contribution in [-0.4, -0.2) is 29.5 Å². The van der Waals surface area contributed by atoms with E-state index in [2.05, 4.69) is 10.3 Å². The Bertz CT molecular complexity index is 337. The largest absolute Gasteiger partial charge is 0.329 e. The SMILES string of the molecule is CCN(C)C(=O)NC(C)c1ncc(C)s1. The fourth-order valence-corrected chi connectivity index (χ4v) is 1.85. The van der Waals surface area contributed by atoms with Gasteiger partial charge in [0, 0.05) is 24.7 Å². The lowest BCUT2D eigenvalue weighted by Gasteiger charge is -2.18. The molecule has 0 radical (unpaired) electrons. The molecule has 1 heterocycles. The monoisotopic (exact) mass is 227 g/mol. The molecule has 2 amide bonds. The molecule has 0 saturated heterocycles. The van der Waals surface area contributed by atoms with Crippen molar-refractivity contribution >= 4 is 17.4 Å². The number of urea groups is 1. The molecule has 0 aliphatic heterocycles. The number of hydrogen-bond acceptors (Lipinski definition) is 3. The van der Waals surface area contributed by atoms with Gasteiger partial charge in [0.2, 0.25) is 0 Å². The van der Waals surface area contributed by atoms with E-state index < -0.39 is 0 Å². The molecule has 5 heteroatoms. The number of aryl methyl sites for hydroxylation is 1. The van der Waals surface area contributed by atoms with E-state index in [1.54, 1.807) is 23.3 Å². The van der Waals surface area contributed by atoms with Crippen molar-refractivity contribution in [2.75, 3.05) is 13.6 Å². The van der Waals surface area contributed by atoms with Crippen LogP contribution in [0.25, 0.3) is 0 Å². The number of nitrogens with zero attached hydrogens (tertiary/aromatic N) is 2. The van der Waals surface area contributed by atoms with Crippen molar-refractivity contribution in [1.82, 2.24) is 15.2 Å². The van der Waals surface area contributed by atoms with Gasteiger partial charge in [-0.15, -0.1) is 11.3 Å². The smallest absolute Gasteiger partial charge is 0.317 e. The Morgan fingerprint density at radius 1 is 1.73 bits per heavy atom. The Labute approximate surface area is 94.3 Å². The Balaban J connectivity index is 2.56. The molecule has 1 unspecified atom stereocenters. The molecule has 0 bridgehead atoms. The lowest BCUT2D eigenvalue weighted by atomic mass is 10.3. The number of rotatable bonds is 3. The maximum absolute atomic E-state index is 11.6. The Morgan fingerprint density at radius 3 is 2.87 bits per heavy atom. The average Bonchev–Trinajstić information content (AvgIpc) is 2.63. The zero-order valence-corrected chi connectivity index (χ0v) is 10.4. The third-order valence-corrected chi connectivity index (χ3v) is 3.27. The second kappa shape index (κ2) is 5.11. The first-order valence-electron chi connectivity index (χ1n) is 4.98. The van der Waals surface area contributed by atoms with Crippen molar-refractivity contribution in [3.8, 4) is 0 Å². The summed E-state index contributed by atoms with van der Waals surface area (Å²) in [7, 11) is 1.77. The Morgan fingerprint density at radius 2 is 2.40 bits per heavy atom. The van der Waals surface area contributed by atoms with Gasteiger partial charge < -0.3 is 10.2 Å². The van der Waals surface area contributed by atoms with Gasteiger partial charge in [0.1, 0.15) is 5.01 Å². The predicted octanol–water partition coefficient (Wildman–Crippen LogP) is 2.17. The standard InChI is InChI=1S/C10H17N3OS/c1-5-13(4)10(14)12-8(3)9-11-6-7(2)15-9/h6,8H,5H2,1-4H3,(H,12,14). The number of hydrogen-bond donors (Lipinski definition) is 1. The summed E-state index contributed by atoms with van der Waals surface area (Å²) in [6.07, 6.45) is 1.83. The van der Waals surface area contributed by atoms with Crippen LogP contribution in [0.4, 0.5) is 4.79 Å². The molecule has 0 fully saturated rings. The van der Waals surface area contributed by atoms with Gasteiger partial charge in [0.15, 0.2) is 0 Å². The van der Waals surface area contributed by atoms with Gasteiger partial charge in [-0.2, -0.15) is 0 Å². The highest BCUT2D eigenvalue weighted by atomic mass is 32.1. The van der Waals surface area contributed by atoms with Crippen LogP contribution in [0.3, 0.4) is 0 Å². The van der Waals surface area contributed by atoms with Crippen LogP contribution in [0.15, 0.2) is 6.20 Å². The molecule has 0 saturated carbocycles. The number of amides is 2. The van der Waals surface area contributed by atoms with Gasteiger partial charge in [0.05, 0.1) is 6.04 Å². The lowest BCUT2D eigenvalue weighted by molar-refractivity contribution is 0.207. The molecule has 4 nitrogen and oxygen atoms in total. The maximum Gasteiger partial charge on any atom is 0.317 e. The van der Waals surface area contributed by atoms with E-state index in [4.69, 9.17) is 0 Å². The maximum atomic E-state index is 11.6. The quantitative estimate of drug-likeness (QED) is 0.860. The van der Waals surface area contributed by atoms with Crippen molar-refractivity contribution in [3.63, 3.8) is 0 Å². The summed E-state index contributed by atoms with van der Waals surface area (Å²) in [6.45, 7) is 6.60. The van der Waals surface area contributed by atoms with Crippen LogP contribution < -0.4 is 5.32 Å². The topological polar surface area (TPSA) is 45.2 Å². The van der Waals surface area contributed by atoms with Crippen LogP contribution >= 0.6 is 11.3 Å². The highest BCUT2D eigenvalue weighted by Crippen LogP contribution is 2.18. The van der Waals surface area contributed by atoms with E-state index in [0.29, 0.717) is 6.54 Å². The molecule has 0 aromatic carbocycles. The van der Waals surface area contributed by atoms with Gasteiger partial charge in [-0.1, -0.05) is 0 Å². The number of carbonyl (C=O) groups is 1. The molecule has 1 aromatic rings. The minimum atomic E-state index is -0.0575. The molecule has 1 rings (SSSR count). The van der Waals surface area contributed by atoms with E-state index in [1.165, 1.54) is 0 Å². The summed E-state index contributed by atoms with van der Waals surface area (Å²) in [5.41, 5.74) is 0. The van der Waals surface area contributed by atoms with Crippen LogP contribution in [0.2, 0.25) is 0 Å². The fourth-order valence-electron chi connectivity index (χ4n) is 1.07. The molecular formula is C10H17N3OS. The molecule has 84 valence electrons. The molecule has 1 N–H and O–H groups in total. The second-order valence-corrected chi connectivity index (χ2v) is 4.76. The minimum absolute atomic E-state index is 0.0230. The van der Waals surface area contributed by atoms with Crippen molar-refractivity contribution in [2.45, 2.75) is 26.8 Å². The number of carbonyl (C=O) groups excluding carboxylic acids is 1. The molecular weight excluding hydrogens is 210 g/mol. The summed E-state index contributed by atoms with van der Waals surface area (Å²) >= 11 is 1.61. The number of nitrogens with one attached hydrogen (secondary N) is 1. The molecule has 0 spiro atoms. The van der Waals surface area contributed by atoms with Gasteiger partial charge in [-0.3, -0.25) is 0 Å². The molecule has 0 aliphatic carbocycles. The van der Waals surface area contributed by atoms with Gasteiger partial charge >= 0.3 is 6.03 Å². The molecule has 1 atom stereocenters. The fraction of sp³-hybridized carbons (Fsp3) is 0.600. The average molecular weight is 227 g/mol. The Kier molecular flexibility index (Phi) is 4.08. The zero-order chi connectivity index (χ0) is 11.4. The van der Waals surface area contributed by atoms with Crippen molar-refractivity contribution in [1.29, 1.82) is 0 Å². The molecule has 0 aliphatic rings. The van der Waals surface area contributed by atoms with Crippen molar-refractivity contribution < 1.29 is 4.79 Å². The van der Waals surface area contributed by atoms with Gasteiger partial charge in [-0.05, 0) is 20.8 Å². The van der Waals surface area contributed by atoms with Crippen molar-refractivity contribution in [2.24, 2.45) is 0 Å². The van der Waals surface area contributed by atoms with E-state index in [0.717, 1.165) is 9.88 Å². The molecule has 1 aromatic heterocycles. The van der Waals surface area contributed by atoms with E-state index in [9.17, 15) is 4.79 Å². The summed E-state index contributed by atoms with van der Waals surface area (Å²) < 4.78 is 0. The number of aromatic nitrogens is 1. The Hall–Kier alpha value is -1.10. The third-order valence-electron chi connectivity index (χ3n) is 2.17. The highest BCUT2D eigenvalue weighted by Gasteiger charge is 2.14. The first-order chi connectivity index (χ1) is 7.04. The van der Waals surface area contributed by atoms with Crippen molar-refractivity contribution in [3.05, 3.63) is 16.1 Å². The van der Waals surface area contributed by atoms with E-state index >= 15 is 0 Å². The predicted molar refractivity (Wildman–Crippen MR) is 62.1 cm³/mol. The lowest BCUT2D eigenvalue weighted by Crippen LogP contribution is -2.38. The normalized spacial score (nSPS) is 12.3. The summed E-state index contributed by atoms with van der Waals surface area (Å²) in [6, 6.07) is -0.0805. The summed E-state index contributed by atoms with van der Waals surface area (Å²) in [4.78, 5) is 18.6.